The minimum absolute atomic E-state index is 0.0369. The van der Waals surface area contributed by atoms with Crippen LogP contribution in [0.3, 0.4) is 0 Å². The van der Waals surface area contributed by atoms with Crippen LogP contribution in [-0.2, 0) is 10.3 Å². The quantitative estimate of drug-likeness (QED) is 0.577. The standard InChI is InChI=1S/C7H9NOS/c1-5-8-6(3-10-5)7(2)4-9-7/h3H,4H2,1-2H3. The van der Waals surface area contributed by atoms with Crippen LogP contribution in [0.2, 0.25) is 0 Å². The van der Waals surface area contributed by atoms with Gasteiger partial charge in [0.1, 0.15) is 5.60 Å². The molecule has 1 aromatic heterocycles. The van der Waals surface area contributed by atoms with Gasteiger partial charge in [-0.25, -0.2) is 4.98 Å². The highest BCUT2D eigenvalue weighted by atomic mass is 32.1. The summed E-state index contributed by atoms with van der Waals surface area (Å²) >= 11 is 1.68. The molecule has 1 aliphatic rings. The van der Waals surface area contributed by atoms with Gasteiger partial charge in [-0.05, 0) is 13.8 Å². The SMILES string of the molecule is Cc1nc(C2(C)CO2)cs1. The lowest BCUT2D eigenvalue weighted by Crippen LogP contribution is -2.01. The Balaban J connectivity index is 2.34. The third kappa shape index (κ3) is 0.859. The highest BCUT2D eigenvalue weighted by molar-refractivity contribution is 7.09. The van der Waals surface area contributed by atoms with Crippen molar-refractivity contribution in [2.45, 2.75) is 19.4 Å². The van der Waals surface area contributed by atoms with Crippen molar-refractivity contribution in [2.75, 3.05) is 6.61 Å². The number of aromatic nitrogens is 1. The third-order valence-corrected chi connectivity index (χ3v) is 2.51. The van der Waals surface area contributed by atoms with Crippen molar-refractivity contribution in [3.63, 3.8) is 0 Å². The molecule has 2 rings (SSSR count). The first-order valence-corrected chi connectivity index (χ1v) is 4.15. The van der Waals surface area contributed by atoms with Gasteiger partial charge in [0.25, 0.3) is 0 Å². The maximum absolute atomic E-state index is 5.24. The number of nitrogens with zero attached hydrogens (tertiary/aromatic N) is 1. The Morgan fingerprint density at radius 3 is 2.90 bits per heavy atom. The molecule has 0 aromatic carbocycles. The van der Waals surface area contributed by atoms with Crippen molar-refractivity contribution in [1.82, 2.24) is 4.98 Å². The van der Waals surface area contributed by atoms with E-state index in [2.05, 4.69) is 17.3 Å². The summed E-state index contributed by atoms with van der Waals surface area (Å²) in [6, 6.07) is 0. The first-order valence-electron chi connectivity index (χ1n) is 3.27. The van der Waals surface area contributed by atoms with Gasteiger partial charge in [-0.2, -0.15) is 0 Å². The zero-order valence-electron chi connectivity index (χ0n) is 6.05. The summed E-state index contributed by atoms with van der Waals surface area (Å²) in [4.78, 5) is 4.34. The molecule has 0 radical (unpaired) electrons. The van der Waals surface area contributed by atoms with E-state index in [0.29, 0.717) is 0 Å². The molecule has 54 valence electrons. The molecule has 2 heterocycles. The molecule has 2 nitrogen and oxygen atoms in total. The highest BCUT2D eigenvalue weighted by Crippen LogP contribution is 2.37. The van der Waals surface area contributed by atoms with E-state index >= 15 is 0 Å². The molecule has 0 aliphatic carbocycles. The second-order valence-corrected chi connectivity index (χ2v) is 3.83. The monoisotopic (exact) mass is 155 g/mol. The minimum atomic E-state index is -0.0369. The van der Waals surface area contributed by atoms with Crippen LogP contribution in [0.5, 0.6) is 0 Å². The molecule has 10 heavy (non-hydrogen) atoms. The number of hydrogen-bond acceptors (Lipinski definition) is 3. The molecule has 1 aliphatic heterocycles. The molecular formula is C7H9NOS. The highest BCUT2D eigenvalue weighted by Gasteiger charge is 2.43. The normalized spacial score (nSPS) is 30.6. The predicted octanol–water partition coefficient (Wildman–Crippen LogP) is 1.70. The van der Waals surface area contributed by atoms with E-state index < -0.39 is 0 Å². The largest absolute Gasteiger partial charge is 0.363 e. The van der Waals surface area contributed by atoms with E-state index in [-0.39, 0.29) is 5.60 Å². The molecule has 1 atom stereocenters. The maximum atomic E-state index is 5.24. The van der Waals surface area contributed by atoms with Crippen LogP contribution in [0.25, 0.3) is 0 Å². The minimum Gasteiger partial charge on any atom is -0.363 e. The number of epoxide rings is 1. The fourth-order valence-corrected chi connectivity index (χ4v) is 1.60. The fraction of sp³-hybridized carbons (Fsp3) is 0.571. The van der Waals surface area contributed by atoms with Crippen LogP contribution < -0.4 is 0 Å². The summed E-state index contributed by atoms with van der Waals surface area (Å²) in [6.45, 7) is 4.91. The van der Waals surface area contributed by atoms with E-state index in [1.165, 1.54) is 0 Å². The van der Waals surface area contributed by atoms with Crippen LogP contribution >= 0.6 is 11.3 Å². The van der Waals surface area contributed by atoms with Gasteiger partial charge in [0.2, 0.25) is 0 Å². The van der Waals surface area contributed by atoms with Gasteiger partial charge in [-0.1, -0.05) is 0 Å². The van der Waals surface area contributed by atoms with E-state index in [1.807, 2.05) is 6.92 Å². The summed E-state index contributed by atoms with van der Waals surface area (Å²) < 4.78 is 5.24. The maximum Gasteiger partial charge on any atom is 0.131 e. The van der Waals surface area contributed by atoms with E-state index in [0.717, 1.165) is 17.3 Å². The van der Waals surface area contributed by atoms with Gasteiger partial charge < -0.3 is 4.74 Å². The molecule has 1 saturated heterocycles. The lowest BCUT2D eigenvalue weighted by atomic mass is 10.1. The number of thiazole rings is 1. The number of rotatable bonds is 1. The Labute approximate surface area is 63.9 Å². The summed E-state index contributed by atoms with van der Waals surface area (Å²) in [7, 11) is 0. The molecule has 3 heteroatoms. The summed E-state index contributed by atoms with van der Waals surface area (Å²) in [5.41, 5.74) is 1.06. The molecule has 0 bridgehead atoms. The van der Waals surface area contributed by atoms with Crippen molar-refractivity contribution in [1.29, 1.82) is 0 Å². The summed E-state index contributed by atoms with van der Waals surface area (Å²) in [5.74, 6) is 0. The number of aryl methyl sites for hydroxylation is 1. The number of hydrogen-bond donors (Lipinski definition) is 0. The van der Waals surface area contributed by atoms with Crippen molar-refractivity contribution in [2.24, 2.45) is 0 Å². The van der Waals surface area contributed by atoms with E-state index in [9.17, 15) is 0 Å². The van der Waals surface area contributed by atoms with Gasteiger partial charge >= 0.3 is 0 Å². The summed E-state index contributed by atoms with van der Waals surface area (Å²) in [5, 5.41) is 3.19. The average molecular weight is 155 g/mol. The van der Waals surface area contributed by atoms with E-state index in [4.69, 9.17) is 4.74 Å². The van der Waals surface area contributed by atoms with Crippen molar-refractivity contribution in [3.8, 4) is 0 Å². The molecule has 0 N–H and O–H groups in total. The lowest BCUT2D eigenvalue weighted by Gasteiger charge is -1.96. The second kappa shape index (κ2) is 1.80. The zero-order chi connectivity index (χ0) is 7.19. The van der Waals surface area contributed by atoms with Gasteiger partial charge in [-0.3, -0.25) is 0 Å². The Hall–Kier alpha value is -0.410. The third-order valence-electron chi connectivity index (χ3n) is 1.74. The number of ether oxygens (including phenoxy) is 1. The molecule has 1 aromatic rings. The Kier molecular flexibility index (Phi) is 1.13. The van der Waals surface area contributed by atoms with Gasteiger partial charge in [-0.15, -0.1) is 11.3 Å². The van der Waals surface area contributed by atoms with E-state index in [1.54, 1.807) is 11.3 Å². The Morgan fingerprint density at radius 1 is 1.80 bits per heavy atom. The Morgan fingerprint density at radius 2 is 2.50 bits per heavy atom. The molecule has 1 unspecified atom stereocenters. The van der Waals surface area contributed by atoms with Gasteiger partial charge in [0, 0.05) is 5.38 Å². The Bertz CT molecular complexity index is 252. The van der Waals surface area contributed by atoms with Crippen LogP contribution in [-0.4, -0.2) is 11.6 Å². The molecule has 0 spiro atoms. The average Bonchev–Trinajstić information content (AvgIpc) is 2.45. The van der Waals surface area contributed by atoms with Crippen LogP contribution in [0, 0.1) is 6.92 Å². The lowest BCUT2D eigenvalue weighted by molar-refractivity contribution is 0.324. The van der Waals surface area contributed by atoms with Crippen molar-refractivity contribution < 1.29 is 4.74 Å². The topological polar surface area (TPSA) is 25.4 Å². The fourth-order valence-electron chi connectivity index (χ4n) is 0.862. The van der Waals surface area contributed by atoms with Crippen molar-refractivity contribution in [3.05, 3.63) is 16.1 Å². The van der Waals surface area contributed by atoms with Crippen LogP contribution in [0.15, 0.2) is 5.38 Å². The predicted molar refractivity (Wildman–Crippen MR) is 40.2 cm³/mol. The second-order valence-electron chi connectivity index (χ2n) is 2.77. The first kappa shape index (κ1) is 6.31. The smallest absolute Gasteiger partial charge is 0.131 e. The van der Waals surface area contributed by atoms with Gasteiger partial charge in [0.05, 0.1) is 17.3 Å². The molecule has 0 amide bonds. The molecule has 1 fully saturated rings. The first-order chi connectivity index (χ1) is 4.71. The zero-order valence-corrected chi connectivity index (χ0v) is 6.86. The van der Waals surface area contributed by atoms with Gasteiger partial charge in [0.15, 0.2) is 0 Å². The summed E-state index contributed by atoms with van der Waals surface area (Å²) in [6.07, 6.45) is 0. The molecular weight excluding hydrogens is 146 g/mol. The van der Waals surface area contributed by atoms with Crippen molar-refractivity contribution >= 4 is 11.3 Å². The van der Waals surface area contributed by atoms with Crippen LogP contribution in [0.4, 0.5) is 0 Å². The molecule has 0 saturated carbocycles. The van der Waals surface area contributed by atoms with Crippen LogP contribution in [0.1, 0.15) is 17.6 Å².